The summed E-state index contributed by atoms with van der Waals surface area (Å²) in [5.74, 6) is 0.575. The van der Waals surface area contributed by atoms with Crippen LogP contribution in [0.25, 0.3) is 0 Å². The van der Waals surface area contributed by atoms with Crippen LogP contribution in [-0.4, -0.2) is 15.9 Å². The molecule has 0 aliphatic heterocycles. The monoisotopic (exact) mass is 220 g/mol. The van der Waals surface area contributed by atoms with Gasteiger partial charge in [-0.1, -0.05) is 0 Å². The first-order valence-corrected chi connectivity index (χ1v) is 5.47. The lowest BCUT2D eigenvalue weighted by molar-refractivity contribution is 1.02. The summed E-state index contributed by atoms with van der Waals surface area (Å²) in [6.07, 6.45) is 4.58. The van der Waals surface area contributed by atoms with Crippen LogP contribution in [-0.2, 0) is 6.42 Å². The summed E-state index contributed by atoms with van der Waals surface area (Å²) >= 11 is 1.39. The average Bonchev–Trinajstić information content (AvgIpc) is 2.66. The molecule has 2 aromatic rings. The molecule has 2 heterocycles. The van der Waals surface area contributed by atoms with Crippen molar-refractivity contribution in [2.75, 3.05) is 17.6 Å². The second-order valence-corrected chi connectivity index (χ2v) is 3.95. The molecule has 0 atom stereocenters. The first-order valence-electron chi connectivity index (χ1n) is 4.69. The van der Waals surface area contributed by atoms with E-state index >= 15 is 0 Å². The number of aromatic nitrogens is 2. The zero-order valence-corrected chi connectivity index (χ0v) is 9.00. The van der Waals surface area contributed by atoms with Crippen LogP contribution in [0.5, 0.6) is 0 Å². The van der Waals surface area contributed by atoms with Gasteiger partial charge in [-0.05, 0) is 35.6 Å². The SMILES string of the molecule is Nc1cc(NCCc2ccncc2)sn1. The molecule has 0 saturated carbocycles. The minimum Gasteiger partial charge on any atom is -0.383 e. The van der Waals surface area contributed by atoms with E-state index in [2.05, 4.69) is 14.7 Å². The van der Waals surface area contributed by atoms with Crippen molar-refractivity contribution in [3.8, 4) is 0 Å². The fourth-order valence-electron chi connectivity index (χ4n) is 1.25. The van der Waals surface area contributed by atoms with E-state index in [1.54, 1.807) is 12.4 Å². The van der Waals surface area contributed by atoms with E-state index in [0.29, 0.717) is 5.82 Å². The number of nitrogens with zero attached hydrogens (tertiary/aromatic N) is 2. The Kier molecular flexibility index (Phi) is 3.14. The van der Waals surface area contributed by atoms with Gasteiger partial charge in [0.25, 0.3) is 0 Å². The number of pyridine rings is 1. The molecule has 0 spiro atoms. The summed E-state index contributed by atoms with van der Waals surface area (Å²) in [6.45, 7) is 0.881. The Hall–Kier alpha value is -1.62. The van der Waals surface area contributed by atoms with E-state index in [0.717, 1.165) is 18.0 Å². The highest BCUT2D eigenvalue weighted by Crippen LogP contribution is 2.17. The lowest BCUT2D eigenvalue weighted by Gasteiger charge is -2.02. The van der Waals surface area contributed by atoms with Gasteiger partial charge < -0.3 is 11.1 Å². The Balaban J connectivity index is 1.80. The maximum atomic E-state index is 5.51. The quantitative estimate of drug-likeness (QED) is 0.824. The second kappa shape index (κ2) is 4.75. The van der Waals surface area contributed by atoms with Gasteiger partial charge in [-0.25, -0.2) is 0 Å². The summed E-state index contributed by atoms with van der Waals surface area (Å²) in [4.78, 5) is 3.97. The van der Waals surface area contributed by atoms with Crippen molar-refractivity contribution in [3.05, 3.63) is 36.2 Å². The topological polar surface area (TPSA) is 63.8 Å². The molecule has 0 fully saturated rings. The highest BCUT2D eigenvalue weighted by atomic mass is 32.1. The Labute approximate surface area is 92.3 Å². The normalized spacial score (nSPS) is 10.1. The van der Waals surface area contributed by atoms with Gasteiger partial charge in [0.2, 0.25) is 0 Å². The van der Waals surface area contributed by atoms with E-state index in [1.807, 2.05) is 18.2 Å². The largest absolute Gasteiger partial charge is 0.383 e. The Morgan fingerprint density at radius 1 is 1.33 bits per heavy atom. The molecule has 0 unspecified atom stereocenters. The molecule has 0 radical (unpaired) electrons. The lowest BCUT2D eigenvalue weighted by atomic mass is 10.2. The van der Waals surface area contributed by atoms with Gasteiger partial charge in [0.05, 0.1) is 0 Å². The van der Waals surface area contributed by atoms with Crippen molar-refractivity contribution in [1.82, 2.24) is 9.36 Å². The zero-order chi connectivity index (χ0) is 10.5. The highest BCUT2D eigenvalue weighted by Gasteiger charge is 1.97. The number of nitrogens with one attached hydrogen (secondary N) is 1. The summed E-state index contributed by atoms with van der Waals surface area (Å²) in [7, 11) is 0. The predicted octanol–water partition coefficient (Wildman–Crippen LogP) is 1.77. The van der Waals surface area contributed by atoms with Crippen LogP contribution in [0.1, 0.15) is 5.56 Å². The molecule has 0 bridgehead atoms. The summed E-state index contributed by atoms with van der Waals surface area (Å²) < 4.78 is 3.99. The number of anilines is 2. The van der Waals surface area contributed by atoms with Gasteiger partial charge >= 0.3 is 0 Å². The molecule has 0 saturated heterocycles. The Morgan fingerprint density at radius 2 is 2.13 bits per heavy atom. The molecular formula is C10H12N4S. The number of hydrogen-bond donors (Lipinski definition) is 2. The van der Waals surface area contributed by atoms with Gasteiger partial charge in [0.1, 0.15) is 10.8 Å². The fraction of sp³-hybridized carbons (Fsp3) is 0.200. The average molecular weight is 220 g/mol. The highest BCUT2D eigenvalue weighted by molar-refractivity contribution is 7.10. The van der Waals surface area contributed by atoms with Crippen molar-refractivity contribution in [2.24, 2.45) is 0 Å². The van der Waals surface area contributed by atoms with Crippen molar-refractivity contribution < 1.29 is 0 Å². The van der Waals surface area contributed by atoms with E-state index in [4.69, 9.17) is 5.73 Å². The summed E-state index contributed by atoms with van der Waals surface area (Å²) in [6, 6.07) is 5.88. The smallest absolute Gasteiger partial charge is 0.139 e. The molecular weight excluding hydrogens is 208 g/mol. The molecule has 2 rings (SSSR count). The predicted molar refractivity (Wildman–Crippen MR) is 63.0 cm³/mol. The van der Waals surface area contributed by atoms with Crippen LogP contribution >= 0.6 is 11.5 Å². The molecule has 15 heavy (non-hydrogen) atoms. The van der Waals surface area contributed by atoms with Crippen molar-refractivity contribution >= 4 is 22.4 Å². The van der Waals surface area contributed by atoms with Crippen LogP contribution in [0.4, 0.5) is 10.8 Å². The minimum atomic E-state index is 0.575. The maximum absolute atomic E-state index is 5.51. The van der Waals surface area contributed by atoms with E-state index in [1.165, 1.54) is 17.1 Å². The van der Waals surface area contributed by atoms with Crippen LogP contribution in [0.2, 0.25) is 0 Å². The van der Waals surface area contributed by atoms with Crippen LogP contribution in [0, 0.1) is 0 Å². The van der Waals surface area contributed by atoms with Gasteiger partial charge in [0, 0.05) is 25.0 Å². The Bertz CT molecular complexity index is 412. The van der Waals surface area contributed by atoms with Crippen molar-refractivity contribution in [2.45, 2.75) is 6.42 Å². The third-order valence-electron chi connectivity index (χ3n) is 1.99. The lowest BCUT2D eigenvalue weighted by Crippen LogP contribution is -2.03. The first kappa shape index (κ1) is 9.92. The fourth-order valence-corrected chi connectivity index (χ4v) is 1.85. The molecule has 78 valence electrons. The van der Waals surface area contributed by atoms with E-state index < -0.39 is 0 Å². The molecule has 4 nitrogen and oxygen atoms in total. The number of nitrogen functional groups attached to an aromatic ring is 1. The maximum Gasteiger partial charge on any atom is 0.139 e. The van der Waals surface area contributed by atoms with Crippen LogP contribution in [0.15, 0.2) is 30.6 Å². The summed E-state index contributed by atoms with van der Waals surface area (Å²) in [5, 5.41) is 4.28. The van der Waals surface area contributed by atoms with Gasteiger partial charge in [-0.3, -0.25) is 4.98 Å². The van der Waals surface area contributed by atoms with Crippen molar-refractivity contribution in [3.63, 3.8) is 0 Å². The zero-order valence-electron chi connectivity index (χ0n) is 8.18. The molecule has 2 aromatic heterocycles. The number of nitrogens with two attached hydrogens (primary N) is 1. The molecule has 0 aromatic carbocycles. The number of hydrogen-bond acceptors (Lipinski definition) is 5. The van der Waals surface area contributed by atoms with Crippen LogP contribution in [0.3, 0.4) is 0 Å². The van der Waals surface area contributed by atoms with Crippen molar-refractivity contribution in [1.29, 1.82) is 0 Å². The third-order valence-corrected chi connectivity index (χ3v) is 2.75. The molecule has 0 amide bonds. The molecule has 0 aliphatic rings. The first-order chi connectivity index (χ1) is 7.34. The molecule has 0 aliphatic carbocycles. The Morgan fingerprint density at radius 3 is 2.80 bits per heavy atom. The van der Waals surface area contributed by atoms with E-state index in [9.17, 15) is 0 Å². The summed E-state index contributed by atoms with van der Waals surface area (Å²) in [5.41, 5.74) is 6.79. The molecule has 5 heteroatoms. The number of rotatable bonds is 4. The third kappa shape index (κ3) is 2.92. The molecule has 3 N–H and O–H groups in total. The standard InChI is InChI=1S/C10H12N4S/c11-9-7-10(15-14-9)13-6-3-8-1-4-12-5-2-8/h1-2,4-5,7,13H,3,6H2,(H2,11,14). The van der Waals surface area contributed by atoms with Crippen LogP contribution < -0.4 is 11.1 Å². The van der Waals surface area contributed by atoms with E-state index in [-0.39, 0.29) is 0 Å². The van der Waals surface area contributed by atoms with Gasteiger partial charge in [0.15, 0.2) is 0 Å². The van der Waals surface area contributed by atoms with Gasteiger partial charge in [-0.2, -0.15) is 4.37 Å². The van der Waals surface area contributed by atoms with Gasteiger partial charge in [-0.15, -0.1) is 0 Å². The minimum absolute atomic E-state index is 0.575. The second-order valence-electron chi connectivity index (χ2n) is 3.15.